The number of benzene rings is 3. The number of hydrogen-bond donors (Lipinski definition) is 1. The minimum absolute atomic E-state index is 0.00264. The van der Waals surface area contributed by atoms with Gasteiger partial charge in [-0.15, -0.1) is 6.58 Å². The van der Waals surface area contributed by atoms with E-state index in [0.29, 0.717) is 5.56 Å². The van der Waals surface area contributed by atoms with E-state index in [2.05, 4.69) is 6.58 Å². The van der Waals surface area contributed by atoms with Crippen LogP contribution in [0.4, 0.5) is 0 Å². The second-order valence-electron chi connectivity index (χ2n) is 7.97. The van der Waals surface area contributed by atoms with Gasteiger partial charge in [0.25, 0.3) is 10.0 Å². The quantitative estimate of drug-likeness (QED) is 0.318. The number of hydrogen-bond acceptors (Lipinski definition) is 4. The van der Waals surface area contributed by atoms with Crippen LogP contribution in [0.15, 0.2) is 109 Å². The van der Waals surface area contributed by atoms with Crippen molar-refractivity contribution in [3.63, 3.8) is 0 Å². The van der Waals surface area contributed by atoms with Gasteiger partial charge in [-0.2, -0.15) is 0 Å². The molecule has 0 aliphatic carbocycles. The fraction of sp³-hybridized carbons (Fsp3) is 0.143. The molecular weight excluding hydrogens is 460 g/mol. The van der Waals surface area contributed by atoms with Crippen LogP contribution in [0.3, 0.4) is 0 Å². The molecule has 1 N–H and O–H groups in total. The Labute approximate surface area is 206 Å². The van der Waals surface area contributed by atoms with Gasteiger partial charge in [0.1, 0.15) is 5.92 Å². The number of amides is 2. The lowest BCUT2D eigenvalue weighted by molar-refractivity contribution is -0.142. The van der Waals surface area contributed by atoms with Crippen molar-refractivity contribution < 1.29 is 18.0 Å². The van der Waals surface area contributed by atoms with Crippen molar-refractivity contribution in [2.45, 2.75) is 19.5 Å². The van der Waals surface area contributed by atoms with Crippen molar-refractivity contribution in [2.24, 2.45) is 5.92 Å². The van der Waals surface area contributed by atoms with Crippen LogP contribution in [0.2, 0.25) is 0 Å². The Morgan fingerprint density at radius 2 is 1.31 bits per heavy atom. The van der Waals surface area contributed by atoms with Crippen LogP contribution < -0.4 is 4.72 Å². The van der Waals surface area contributed by atoms with Crippen molar-refractivity contribution in [1.82, 2.24) is 9.62 Å². The zero-order chi connectivity index (χ0) is 25.1. The average molecular weight is 489 g/mol. The van der Waals surface area contributed by atoms with Gasteiger partial charge in [0, 0.05) is 13.1 Å². The third-order valence-electron chi connectivity index (χ3n) is 5.24. The van der Waals surface area contributed by atoms with Crippen molar-refractivity contribution in [2.75, 3.05) is 0 Å². The summed E-state index contributed by atoms with van der Waals surface area (Å²) in [6, 6.07) is 27.7. The molecule has 180 valence electrons. The van der Waals surface area contributed by atoms with Gasteiger partial charge < -0.3 is 4.90 Å². The van der Waals surface area contributed by atoms with E-state index in [1.807, 2.05) is 71.5 Å². The Hall–Kier alpha value is -3.97. The molecule has 3 aromatic rings. The maximum atomic E-state index is 13.6. The first-order valence-electron chi connectivity index (χ1n) is 11.2. The summed E-state index contributed by atoms with van der Waals surface area (Å²) < 4.78 is 27.1. The first kappa shape index (κ1) is 25.6. The maximum Gasteiger partial charge on any atom is 0.257 e. The van der Waals surface area contributed by atoms with Crippen LogP contribution in [-0.2, 0) is 32.7 Å². The number of allylic oxidation sites excluding steroid dienone is 1. The molecule has 3 aromatic carbocycles. The predicted molar refractivity (Wildman–Crippen MR) is 138 cm³/mol. The highest BCUT2D eigenvalue weighted by atomic mass is 32.2. The van der Waals surface area contributed by atoms with Crippen molar-refractivity contribution in [3.8, 4) is 0 Å². The van der Waals surface area contributed by atoms with E-state index in [1.54, 1.807) is 29.2 Å². The number of rotatable bonds is 11. The summed E-state index contributed by atoms with van der Waals surface area (Å²) in [4.78, 5) is 28.1. The maximum absolute atomic E-state index is 13.6. The van der Waals surface area contributed by atoms with Crippen molar-refractivity contribution >= 4 is 27.9 Å². The minimum Gasteiger partial charge on any atom is -0.333 e. The van der Waals surface area contributed by atoms with Crippen LogP contribution in [0.1, 0.15) is 23.1 Å². The second kappa shape index (κ2) is 12.5. The zero-order valence-corrected chi connectivity index (χ0v) is 20.1. The van der Waals surface area contributed by atoms with Crippen molar-refractivity contribution in [1.29, 1.82) is 0 Å². The Bertz CT molecular complexity index is 1220. The van der Waals surface area contributed by atoms with Crippen LogP contribution in [0, 0.1) is 5.92 Å². The van der Waals surface area contributed by atoms with E-state index in [-0.39, 0.29) is 19.5 Å². The van der Waals surface area contributed by atoms with E-state index in [1.165, 1.54) is 12.2 Å². The molecule has 0 saturated heterocycles. The van der Waals surface area contributed by atoms with Gasteiger partial charge in [-0.25, -0.2) is 13.1 Å². The lowest BCUT2D eigenvalue weighted by Crippen LogP contribution is -2.44. The summed E-state index contributed by atoms with van der Waals surface area (Å²) in [7, 11) is -4.10. The molecule has 35 heavy (non-hydrogen) atoms. The summed E-state index contributed by atoms with van der Waals surface area (Å²) in [6.45, 7) is 4.20. The molecule has 0 heterocycles. The molecule has 7 heteroatoms. The molecule has 0 aliphatic rings. The Morgan fingerprint density at radius 3 is 1.80 bits per heavy atom. The smallest absolute Gasteiger partial charge is 0.257 e. The molecule has 6 nitrogen and oxygen atoms in total. The van der Waals surface area contributed by atoms with E-state index in [4.69, 9.17) is 0 Å². The number of nitrogens with zero attached hydrogens (tertiary/aromatic N) is 1. The molecule has 0 saturated carbocycles. The third kappa shape index (κ3) is 8.08. The number of sulfonamides is 1. The monoisotopic (exact) mass is 488 g/mol. The van der Waals surface area contributed by atoms with Crippen LogP contribution in [-0.4, -0.2) is 25.1 Å². The highest BCUT2D eigenvalue weighted by Gasteiger charge is 2.31. The van der Waals surface area contributed by atoms with E-state index in [0.717, 1.165) is 16.5 Å². The molecule has 0 aliphatic heterocycles. The highest BCUT2D eigenvalue weighted by molar-refractivity contribution is 7.93. The van der Waals surface area contributed by atoms with E-state index < -0.39 is 27.8 Å². The second-order valence-corrected chi connectivity index (χ2v) is 9.53. The van der Waals surface area contributed by atoms with E-state index >= 15 is 0 Å². The molecule has 0 fully saturated rings. The lowest BCUT2D eigenvalue weighted by Gasteiger charge is -2.27. The molecule has 2 amide bonds. The topological polar surface area (TPSA) is 83.5 Å². The van der Waals surface area contributed by atoms with Gasteiger partial charge in [-0.1, -0.05) is 97.1 Å². The molecule has 3 rings (SSSR count). The summed E-state index contributed by atoms with van der Waals surface area (Å²) in [5, 5.41) is 0.918. The predicted octanol–water partition coefficient (Wildman–Crippen LogP) is 4.52. The molecule has 0 bridgehead atoms. The molecule has 0 spiro atoms. The highest BCUT2D eigenvalue weighted by Crippen LogP contribution is 2.17. The standard InChI is InChI=1S/C28H28N2O4S/c1-2-12-26(27(31)29-35(33,34)20-19-23-13-6-3-7-14-23)28(32)30(21-24-15-8-4-9-16-24)22-25-17-10-5-11-18-25/h2-11,13-20,26H,1,12,21-22H2,(H,29,31)/b20-19+. The minimum atomic E-state index is -4.10. The Morgan fingerprint density at radius 1 is 0.829 bits per heavy atom. The summed E-state index contributed by atoms with van der Waals surface area (Å²) in [5.74, 6) is -2.60. The zero-order valence-electron chi connectivity index (χ0n) is 19.3. The van der Waals surface area contributed by atoms with Gasteiger partial charge in [-0.3, -0.25) is 9.59 Å². The number of carbonyl (C=O) groups excluding carboxylic acids is 2. The molecule has 1 atom stereocenters. The summed E-state index contributed by atoms with van der Waals surface area (Å²) in [6.07, 6.45) is 2.83. The number of nitrogens with one attached hydrogen (secondary N) is 1. The van der Waals surface area contributed by atoms with Crippen molar-refractivity contribution in [3.05, 3.63) is 126 Å². The van der Waals surface area contributed by atoms with Crippen LogP contribution >= 0.6 is 0 Å². The summed E-state index contributed by atoms with van der Waals surface area (Å²) >= 11 is 0. The van der Waals surface area contributed by atoms with E-state index in [9.17, 15) is 18.0 Å². The van der Waals surface area contributed by atoms with Gasteiger partial charge >= 0.3 is 0 Å². The molecule has 1 unspecified atom stereocenters. The molecule has 0 aromatic heterocycles. The van der Waals surface area contributed by atoms with Gasteiger partial charge in [0.15, 0.2) is 0 Å². The average Bonchev–Trinajstić information content (AvgIpc) is 2.87. The van der Waals surface area contributed by atoms with Crippen LogP contribution in [0.25, 0.3) is 6.08 Å². The summed E-state index contributed by atoms with van der Waals surface area (Å²) in [5.41, 5.74) is 2.46. The Balaban J connectivity index is 1.81. The Kier molecular flexibility index (Phi) is 9.15. The molecule has 0 radical (unpaired) electrons. The third-order valence-corrected chi connectivity index (χ3v) is 6.22. The van der Waals surface area contributed by atoms with Crippen LogP contribution in [0.5, 0.6) is 0 Å². The lowest BCUT2D eigenvalue weighted by atomic mass is 10.0. The fourth-order valence-electron chi connectivity index (χ4n) is 3.50. The normalized spacial score (nSPS) is 12.1. The number of carbonyl (C=O) groups is 2. The fourth-order valence-corrected chi connectivity index (χ4v) is 4.33. The first-order valence-corrected chi connectivity index (χ1v) is 12.7. The van der Waals surface area contributed by atoms with Gasteiger partial charge in [0.05, 0.1) is 5.41 Å². The largest absolute Gasteiger partial charge is 0.333 e. The first-order chi connectivity index (χ1) is 16.9. The van der Waals surface area contributed by atoms with Gasteiger partial charge in [-0.05, 0) is 29.2 Å². The SMILES string of the molecule is C=CCC(C(=O)NS(=O)(=O)/C=C/c1ccccc1)C(=O)N(Cc1ccccc1)Cc1ccccc1. The molecular formula is C28H28N2O4S. The van der Waals surface area contributed by atoms with Gasteiger partial charge in [0.2, 0.25) is 11.8 Å².